The number of rotatable bonds is 1. The van der Waals surface area contributed by atoms with Gasteiger partial charge in [0.05, 0.1) is 0 Å². The van der Waals surface area contributed by atoms with E-state index in [-0.39, 0.29) is 10.8 Å². The van der Waals surface area contributed by atoms with Crippen LogP contribution in [0.4, 0.5) is 8.78 Å². The van der Waals surface area contributed by atoms with Crippen LogP contribution in [0.2, 0.25) is 0 Å². The third-order valence-corrected chi connectivity index (χ3v) is 4.58. The molecule has 98 valence electrons. The normalized spacial score (nSPS) is 16.9. The number of carbonyl (C=O) groups is 1. The lowest BCUT2D eigenvalue weighted by Crippen LogP contribution is -2.09. The number of fused-ring (bicyclic) bond motifs is 3. The summed E-state index contributed by atoms with van der Waals surface area (Å²) in [6.45, 7) is 1.86. The van der Waals surface area contributed by atoms with Gasteiger partial charge < -0.3 is 5.11 Å². The van der Waals surface area contributed by atoms with E-state index in [0.717, 1.165) is 23.0 Å². The minimum Gasteiger partial charge on any atom is -0.477 e. The summed E-state index contributed by atoms with van der Waals surface area (Å²) < 4.78 is 27.3. The van der Waals surface area contributed by atoms with Crippen LogP contribution in [0.3, 0.4) is 0 Å². The molecule has 0 aliphatic heterocycles. The van der Waals surface area contributed by atoms with Crippen molar-refractivity contribution in [3.63, 3.8) is 0 Å². The molecule has 0 saturated heterocycles. The molecule has 0 fully saturated rings. The van der Waals surface area contributed by atoms with Gasteiger partial charge in [-0.05, 0) is 35.6 Å². The largest absolute Gasteiger partial charge is 0.477 e. The third kappa shape index (κ3) is 1.85. The van der Waals surface area contributed by atoms with Gasteiger partial charge in [0.15, 0.2) is 0 Å². The number of carboxylic acids is 1. The van der Waals surface area contributed by atoms with Crippen molar-refractivity contribution in [2.75, 3.05) is 0 Å². The standard InChI is InChI=1S/C14H10F2O2S/c1-6-2-7-3-11(14(17)18)19-13(7)9-4-8(15)5-10(16)12(6)9/h3-6H,2H2,1H3,(H,17,18). The number of carboxylic acid groups (broad SMARTS) is 1. The minimum atomic E-state index is -1.01. The minimum absolute atomic E-state index is 0.0839. The van der Waals surface area contributed by atoms with Crippen LogP contribution >= 0.6 is 11.3 Å². The van der Waals surface area contributed by atoms with Crippen LogP contribution < -0.4 is 0 Å². The number of hydrogen-bond donors (Lipinski definition) is 1. The molecule has 2 aromatic rings. The van der Waals surface area contributed by atoms with Gasteiger partial charge in [0.25, 0.3) is 0 Å². The van der Waals surface area contributed by atoms with Crippen LogP contribution in [0.15, 0.2) is 18.2 Å². The van der Waals surface area contributed by atoms with Gasteiger partial charge in [-0.3, -0.25) is 0 Å². The fourth-order valence-electron chi connectivity index (χ4n) is 2.62. The molecule has 0 radical (unpaired) electrons. The van der Waals surface area contributed by atoms with Crippen molar-refractivity contribution in [3.8, 4) is 10.4 Å². The second-order valence-electron chi connectivity index (χ2n) is 4.72. The first kappa shape index (κ1) is 12.3. The van der Waals surface area contributed by atoms with Crippen LogP contribution in [0.5, 0.6) is 0 Å². The molecule has 1 aromatic carbocycles. The topological polar surface area (TPSA) is 37.3 Å². The number of hydrogen-bond acceptors (Lipinski definition) is 2. The molecule has 0 bridgehead atoms. The fourth-order valence-corrected chi connectivity index (χ4v) is 3.68. The van der Waals surface area contributed by atoms with Gasteiger partial charge >= 0.3 is 5.97 Å². The van der Waals surface area contributed by atoms with Crippen molar-refractivity contribution >= 4 is 17.3 Å². The predicted octanol–water partition coefficient (Wildman–Crippen LogP) is 4.05. The Morgan fingerprint density at radius 1 is 1.37 bits per heavy atom. The highest BCUT2D eigenvalue weighted by Gasteiger charge is 2.28. The van der Waals surface area contributed by atoms with E-state index >= 15 is 0 Å². The van der Waals surface area contributed by atoms with Gasteiger partial charge in [0.2, 0.25) is 0 Å². The molecule has 5 heteroatoms. The van der Waals surface area contributed by atoms with Gasteiger partial charge in [-0.15, -0.1) is 11.3 Å². The van der Waals surface area contributed by atoms with Crippen molar-refractivity contribution in [2.24, 2.45) is 0 Å². The Morgan fingerprint density at radius 3 is 2.79 bits per heavy atom. The quantitative estimate of drug-likeness (QED) is 0.855. The maximum absolute atomic E-state index is 13.9. The molecule has 0 amide bonds. The Hall–Kier alpha value is -1.75. The molecular formula is C14H10F2O2S. The monoisotopic (exact) mass is 280 g/mol. The maximum atomic E-state index is 13.9. The van der Waals surface area contributed by atoms with Gasteiger partial charge in [-0.1, -0.05) is 6.92 Å². The predicted molar refractivity (Wildman–Crippen MR) is 68.7 cm³/mol. The lowest BCUT2D eigenvalue weighted by molar-refractivity contribution is 0.0702. The summed E-state index contributed by atoms with van der Waals surface area (Å²) in [6.07, 6.45) is 0.578. The lowest BCUT2D eigenvalue weighted by atomic mass is 9.83. The van der Waals surface area contributed by atoms with Gasteiger partial charge in [0.1, 0.15) is 16.5 Å². The average Bonchev–Trinajstić information content (AvgIpc) is 2.71. The zero-order valence-electron chi connectivity index (χ0n) is 10.0. The van der Waals surface area contributed by atoms with Crippen LogP contribution in [-0.2, 0) is 6.42 Å². The molecule has 1 aliphatic carbocycles. The fraction of sp³-hybridized carbons (Fsp3) is 0.214. The molecule has 0 saturated carbocycles. The van der Waals surface area contributed by atoms with Gasteiger partial charge in [0, 0.05) is 16.5 Å². The van der Waals surface area contributed by atoms with E-state index in [0.29, 0.717) is 22.4 Å². The highest BCUT2D eigenvalue weighted by molar-refractivity contribution is 7.17. The number of benzene rings is 1. The number of aromatic carboxylic acids is 1. The van der Waals surface area contributed by atoms with E-state index in [2.05, 4.69) is 0 Å². The van der Waals surface area contributed by atoms with Crippen molar-refractivity contribution in [1.82, 2.24) is 0 Å². The average molecular weight is 280 g/mol. The summed E-state index contributed by atoms with van der Waals surface area (Å²) in [5.41, 5.74) is 1.82. The molecule has 1 unspecified atom stereocenters. The molecule has 1 heterocycles. The van der Waals surface area contributed by atoms with Crippen molar-refractivity contribution in [1.29, 1.82) is 0 Å². The molecule has 19 heavy (non-hydrogen) atoms. The van der Waals surface area contributed by atoms with Crippen LogP contribution in [0, 0.1) is 11.6 Å². The molecule has 3 rings (SSSR count). The highest BCUT2D eigenvalue weighted by Crippen LogP contribution is 2.45. The van der Waals surface area contributed by atoms with Crippen molar-refractivity contribution in [3.05, 3.63) is 45.8 Å². The van der Waals surface area contributed by atoms with Gasteiger partial charge in [-0.2, -0.15) is 0 Å². The van der Waals surface area contributed by atoms with Crippen LogP contribution in [-0.4, -0.2) is 11.1 Å². The zero-order valence-corrected chi connectivity index (χ0v) is 10.9. The Kier molecular flexibility index (Phi) is 2.67. The number of halogens is 2. The third-order valence-electron chi connectivity index (χ3n) is 3.38. The molecule has 0 spiro atoms. The molecule has 2 nitrogen and oxygen atoms in total. The van der Waals surface area contributed by atoms with Crippen molar-refractivity contribution in [2.45, 2.75) is 19.3 Å². The van der Waals surface area contributed by atoms with E-state index in [1.807, 2.05) is 6.92 Å². The second kappa shape index (κ2) is 4.13. The Morgan fingerprint density at radius 2 is 2.11 bits per heavy atom. The first-order valence-corrected chi connectivity index (χ1v) is 6.64. The zero-order chi connectivity index (χ0) is 13.7. The number of thiophene rings is 1. The molecular weight excluding hydrogens is 270 g/mol. The van der Waals surface area contributed by atoms with Crippen LogP contribution in [0.1, 0.15) is 33.6 Å². The lowest BCUT2D eigenvalue weighted by Gasteiger charge is -2.23. The van der Waals surface area contributed by atoms with E-state index < -0.39 is 17.6 Å². The molecule has 1 N–H and O–H groups in total. The Balaban J connectivity index is 2.28. The van der Waals surface area contributed by atoms with Crippen LogP contribution in [0.25, 0.3) is 10.4 Å². The highest BCUT2D eigenvalue weighted by atomic mass is 32.1. The van der Waals surface area contributed by atoms with E-state index in [9.17, 15) is 13.6 Å². The summed E-state index contributed by atoms with van der Waals surface area (Å²) in [6, 6.07) is 3.77. The van der Waals surface area contributed by atoms with E-state index in [1.165, 1.54) is 6.07 Å². The van der Waals surface area contributed by atoms with E-state index in [1.54, 1.807) is 6.07 Å². The summed E-state index contributed by atoms with van der Waals surface area (Å²) in [5, 5.41) is 9.02. The first-order chi connectivity index (χ1) is 8.97. The van der Waals surface area contributed by atoms with Crippen molar-refractivity contribution < 1.29 is 18.7 Å². The first-order valence-electron chi connectivity index (χ1n) is 5.82. The summed E-state index contributed by atoms with van der Waals surface area (Å²) in [4.78, 5) is 11.9. The van der Waals surface area contributed by atoms with Gasteiger partial charge in [-0.25, -0.2) is 13.6 Å². The smallest absolute Gasteiger partial charge is 0.345 e. The molecule has 1 aliphatic rings. The molecule has 1 aromatic heterocycles. The summed E-state index contributed by atoms with van der Waals surface area (Å²) >= 11 is 1.07. The summed E-state index contributed by atoms with van der Waals surface area (Å²) in [7, 11) is 0. The Bertz CT molecular complexity index is 691. The molecule has 1 atom stereocenters. The maximum Gasteiger partial charge on any atom is 0.345 e. The van der Waals surface area contributed by atoms with E-state index in [4.69, 9.17) is 5.11 Å². The second-order valence-corrected chi connectivity index (χ2v) is 5.78. The SMILES string of the molecule is CC1Cc2cc(C(=O)O)sc2-c2cc(F)cc(F)c21. The Labute approximate surface area is 112 Å². The summed E-state index contributed by atoms with van der Waals surface area (Å²) in [5.74, 6) is -2.29.